The number of ether oxygens (including phenoxy) is 1. The van der Waals surface area contributed by atoms with Crippen LogP contribution in [0.2, 0.25) is 0 Å². The summed E-state index contributed by atoms with van der Waals surface area (Å²) in [7, 11) is -16.8. The summed E-state index contributed by atoms with van der Waals surface area (Å²) in [4.78, 5) is 57.5. The molecule has 0 amide bonds. The summed E-state index contributed by atoms with van der Waals surface area (Å²) >= 11 is 0. The van der Waals surface area contributed by atoms with Gasteiger partial charge < -0.3 is 30.0 Å². The van der Waals surface area contributed by atoms with Crippen molar-refractivity contribution in [1.82, 2.24) is 19.5 Å². The lowest BCUT2D eigenvalue weighted by Crippen LogP contribution is -2.29. The number of nitrogens with two attached hydrogens (primary N) is 1. The fourth-order valence-electron chi connectivity index (χ4n) is 2.88. The molecule has 1 fully saturated rings. The molecule has 0 aromatic carbocycles. The zero-order valence-corrected chi connectivity index (χ0v) is 18.6. The number of terminal acetylenes is 1. The summed E-state index contributed by atoms with van der Waals surface area (Å²) in [5, 5.41) is 0. The van der Waals surface area contributed by atoms with E-state index in [1.54, 1.807) is 0 Å². The number of rotatable bonds is 8. The van der Waals surface area contributed by atoms with E-state index in [0.717, 1.165) is 10.9 Å². The van der Waals surface area contributed by atoms with Crippen LogP contribution < -0.4 is 11.3 Å². The molecule has 2 aromatic rings. The third kappa shape index (κ3) is 5.93. The number of aromatic amines is 1. The van der Waals surface area contributed by atoms with Gasteiger partial charge >= 0.3 is 23.5 Å². The van der Waals surface area contributed by atoms with Crippen LogP contribution in [0.3, 0.4) is 0 Å². The van der Waals surface area contributed by atoms with Crippen molar-refractivity contribution in [3.63, 3.8) is 0 Å². The highest BCUT2D eigenvalue weighted by atomic mass is 31.3. The second-order valence-corrected chi connectivity index (χ2v) is 10.9. The van der Waals surface area contributed by atoms with Gasteiger partial charge in [0.25, 0.3) is 5.56 Å². The Morgan fingerprint density at radius 1 is 1.33 bits per heavy atom. The Kier molecular flexibility index (Phi) is 6.72. The van der Waals surface area contributed by atoms with Gasteiger partial charge in [-0.3, -0.25) is 18.9 Å². The van der Waals surface area contributed by atoms with Crippen LogP contribution in [0.25, 0.3) is 11.2 Å². The highest BCUT2D eigenvalue weighted by Gasteiger charge is 2.51. The van der Waals surface area contributed by atoms with Crippen molar-refractivity contribution < 1.29 is 55.5 Å². The van der Waals surface area contributed by atoms with Crippen molar-refractivity contribution >= 4 is 40.6 Å². The van der Waals surface area contributed by atoms with Crippen LogP contribution in [0.4, 0.5) is 10.3 Å². The number of alkyl halides is 1. The number of hydrogen-bond donors (Lipinski definition) is 6. The maximum absolute atomic E-state index is 15.4. The molecule has 1 aliphatic rings. The molecule has 1 aliphatic heterocycles. The Hall–Kier alpha value is -1.99. The van der Waals surface area contributed by atoms with Gasteiger partial charge in [0.1, 0.15) is 0 Å². The lowest BCUT2D eigenvalue weighted by Gasteiger charge is -2.21. The van der Waals surface area contributed by atoms with E-state index in [4.69, 9.17) is 31.6 Å². The standard InChI is InChI=1S/C12H15FN5O12P3/c1-2-12(13)3-6(4-27-32(23,24)30-33(25,26)29-31(20,21)22)28-10(12)18-5-15-7-8(18)16-11(14)17-9(7)19/h1,5-6,10H,3-4H2,(H,23,24)(H,25,26)(H2,20,21,22)(H3,14,16,17,19)/t6-,10+,12+/m0/s1. The topological polar surface area (TPSA) is 259 Å². The zero-order valence-electron chi connectivity index (χ0n) is 15.9. The van der Waals surface area contributed by atoms with E-state index in [0.29, 0.717) is 0 Å². The van der Waals surface area contributed by atoms with Gasteiger partial charge in [-0.15, -0.1) is 6.42 Å². The van der Waals surface area contributed by atoms with Gasteiger partial charge in [0.05, 0.1) is 19.0 Å². The Morgan fingerprint density at radius 2 is 2.00 bits per heavy atom. The first kappa shape index (κ1) is 25.6. The number of phosphoric ester groups is 1. The number of nitrogen functional groups attached to an aromatic ring is 1. The Morgan fingerprint density at radius 3 is 2.61 bits per heavy atom. The van der Waals surface area contributed by atoms with Crippen molar-refractivity contribution in [3.8, 4) is 12.3 Å². The molecule has 0 radical (unpaired) electrons. The number of fused-ring (bicyclic) bond motifs is 1. The summed E-state index contributed by atoms with van der Waals surface area (Å²) in [5.74, 6) is 1.56. The second kappa shape index (κ2) is 8.66. The molecule has 0 spiro atoms. The zero-order chi connectivity index (χ0) is 24.8. The van der Waals surface area contributed by atoms with Gasteiger partial charge in [-0.05, 0) is 0 Å². The second-order valence-electron chi connectivity index (χ2n) is 6.48. The first-order valence-corrected chi connectivity index (χ1v) is 12.9. The molecule has 5 atom stereocenters. The predicted octanol–water partition coefficient (Wildman–Crippen LogP) is -0.326. The highest BCUT2D eigenvalue weighted by molar-refractivity contribution is 7.66. The fraction of sp³-hybridized carbons (Fsp3) is 0.417. The number of imidazole rings is 1. The van der Waals surface area contributed by atoms with Crippen LogP contribution in [0.5, 0.6) is 0 Å². The molecule has 0 saturated carbocycles. The number of anilines is 1. The highest BCUT2D eigenvalue weighted by Crippen LogP contribution is 2.66. The van der Waals surface area contributed by atoms with E-state index < -0.39 is 60.1 Å². The van der Waals surface area contributed by atoms with Crippen LogP contribution in [-0.4, -0.2) is 57.5 Å². The molecule has 2 unspecified atom stereocenters. The summed E-state index contributed by atoms with van der Waals surface area (Å²) in [6, 6.07) is 0. The van der Waals surface area contributed by atoms with Crippen LogP contribution in [0.15, 0.2) is 11.1 Å². The first-order valence-electron chi connectivity index (χ1n) is 8.37. The molecule has 2 aromatic heterocycles. The van der Waals surface area contributed by atoms with Gasteiger partial charge in [-0.2, -0.15) is 13.6 Å². The van der Waals surface area contributed by atoms with E-state index in [2.05, 4.69) is 28.1 Å². The smallest absolute Gasteiger partial charge is 0.369 e. The van der Waals surface area contributed by atoms with E-state index >= 15 is 4.39 Å². The average Bonchev–Trinajstić information content (AvgIpc) is 3.18. The van der Waals surface area contributed by atoms with Crippen molar-refractivity contribution in [2.24, 2.45) is 0 Å². The summed E-state index contributed by atoms with van der Waals surface area (Å²) in [6.07, 6.45) is 2.67. The molecule has 0 bridgehead atoms. The maximum Gasteiger partial charge on any atom is 0.490 e. The first-order chi connectivity index (χ1) is 15.0. The van der Waals surface area contributed by atoms with Gasteiger partial charge in [0.2, 0.25) is 11.6 Å². The molecule has 182 valence electrons. The molecular formula is C12H15FN5O12P3. The molecule has 0 aliphatic carbocycles. The Labute approximate surface area is 182 Å². The van der Waals surface area contributed by atoms with Crippen LogP contribution in [-0.2, 0) is 31.6 Å². The minimum atomic E-state index is -5.73. The van der Waals surface area contributed by atoms with E-state index in [9.17, 15) is 23.4 Å². The molecule has 3 rings (SSSR count). The summed E-state index contributed by atoms with van der Waals surface area (Å²) in [6.45, 7) is -0.934. The number of hydrogen-bond acceptors (Lipinski definition) is 11. The fourth-order valence-corrected chi connectivity index (χ4v) is 5.93. The largest absolute Gasteiger partial charge is 0.490 e. The number of H-pyrrole nitrogens is 1. The van der Waals surface area contributed by atoms with E-state index in [1.165, 1.54) is 0 Å². The Bertz CT molecular complexity index is 1320. The van der Waals surface area contributed by atoms with Crippen LogP contribution in [0.1, 0.15) is 12.6 Å². The predicted molar refractivity (Wildman–Crippen MR) is 104 cm³/mol. The van der Waals surface area contributed by atoms with Crippen LogP contribution >= 0.6 is 23.5 Å². The number of phosphoric acid groups is 3. The van der Waals surface area contributed by atoms with Crippen molar-refractivity contribution in [3.05, 3.63) is 16.7 Å². The minimum absolute atomic E-state index is 0.174. The van der Waals surface area contributed by atoms with Crippen LogP contribution in [0, 0.1) is 12.3 Å². The van der Waals surface area contributed by atoms with E-state index in [-0.39, 0.29) is 17.1 Å². The van der Waals surface area contributed by atoms with Gasteiger partial charge in [-0.1, -0.05) is 5.92 Å². The SMILES string of the molecule is C#C[C@@]1(F)C[C@@H](COP(=O)(O)OP(=O)(O)OP(=O)(O)O)O[C@H]1n1cnc2c(=O)[nH]c(N)nc21. The monoisotopic (exact) mass is 533 g/mol. The average molecular weight is 533 g/mol. The minimum Gasteiger partial charge on any atom is -0.369 e. The van der Waals surface area contributed by atoms with E-state index in [1.807, 2.05) is 5.92 Å². The summed E-state index contributed by atoms with van der Waals surface area (Å²) in [5.41, 5.74) is 1.83. The molecular weight excluding hydrogens is 518 g/mol. The number of nitrogens with zero attached hydrogens (tertiary/aromatic N) is 3. The third-order valence-corrected chi connectivity index (χ3v) is 7.82. The number of halogens is 1. The molecule has 21 heteroatoms. The Balaban J connectivity index is 1.77. The maximum atomic E-state index is 15.4. The molecule has 17 nitrogen and oxygen atoms in total. The third-order valence-electron chi connectivity index (χ3n) is 4.02. The lowest BCUT2D eigenvalue weighted by molar-refractivity contribution is -0.0467. The van der Waals surface area contributed by atoms with Gasteiger partial charge in [0.15, 0.2) is 17.4 Å². The lowest BCUT2D eigenvalue weighted by atomic mass is 10.0. The van der Waals surface area contributed by atoms with Gasteiger partial charge in [0, 0.05) is 6.42 Å². The summed E-state index contributed by atoms with van der Waals surface area (Å²) < 4.78 is 67.2. The molecule has 33 heavy (non-hydrogen) atoms. The van der Waals surface area contributed by atoms with Gasteiger partial charge in [-0.25, -0.2) is 23.1 Å². The molecule has 3 heterocycles. The number of aromatic nitrogens is 4. The van der Waals surface area contributed by atoms with Crippen molar-refractivity contribution in [1.29, 1.82) is 0 Å². The quantitative estimate of drug-likeness (QED) is 0.188. The van der Waals surface area contributed by atoms with Crippen molar-refractivity contribution in [2.75, 3.05) is 12.3 Å². The molecule has 7 N–H and O–H groups in total. The normalized spacial score (nSPS) is 27.2. The molecule has 1 saturated heterocycles. The number of nitrogens with one attached hydrogen (secondary N) is 1. The van der Waals surface area contributed by atoms with Crippen molar-refractivity contribution in [2.45, 2.75) is 24.4 Å².